The van der Waals surface area contributed by atoms with Crippen LogP contribution in [0, 0.1) is 0 Å². The molecule has 0 atom stereocenters. The van der Waals surface area contributed by atoms with Gasteiger partial charge in [0.15, 0.2) is 0 Å². The van der Waals surface area contributed by atoms with Crippen LogP contribution in [-0.4, -0.2) is 26.4 Å². The minimum atomic E-state index is 0.591. The van der Waals surface area contributed by atoms with Crippen molar-refractivity contribution in [1.29, 1.82) is 0 Å². The van der Waals surface area contributed by atoms with Gasteiger partial charge in [0, 0.05) is 0 Å². The fourth-order valence-corrected chi connectivity index (χ4v) is 0.645. The van der Waals surface area contributed by atoms with E-state index in [0.29, 0.717) is 26.4 Å². The normalized spacial score (nSPS) is 11.2. The van der Waals surface area contributed by atoms with Crippen molar-refractivity contribution in [3.63, 3.8) is 0 Å². The fourth-order valence-electron chi connectivity index (χ4n) is 0.645. The van der Waals surface area contributed by atoms with Crippen molar-refractivity contribution in [2.24, 2.45) is 0 Å². The highest BCUT2D eigenvalue weighted by Crippen LogP contribution is 1.82. The molecular formula is C10H18O3. The van der Waals surface area contributed by atoms with Gasteiger partial charge < -0.3 is 14.2 Å². The molecule has 0 aliphatic heterocycles. The molecule has 0 heterocycles. The lowest BCUT2D eigenvalue weighted by Crippen LogP contribution is -2.06. The number of allylic oxidation sites excluding steroid dienone is 2. The molecule has 0 bridgehead atoms. The van der Waals surface area contributed by atoms with Crippen molar-refractivity contribution in [2.45, 2.75) is 13.8 Å². The van der Waals surface area contributed by atoms with E-state index in [0.717, 1.165) is 0 Å². The molecule has 0 radical (unpaired) electrons. The molecular weight excluding hydrogens is 168 g/mol. The average Bonchev–Trinajstić information content (AvgIpc) is 2.16. The van der Waals surface area contributed by atoms with Crippen LogP contribution in [0.1, 0.15) is 13.8 Å². The Labute approximate surface area is 80.0 Å². The van der Waals surface area contributed by atoms with Gasteiger partial charge >= 0.3 is 0 Å². The van der Waals surface area contributed by atoms with Crippen molar-refractivity contribution in [3.8, 4) is 0 Å². The zero-order valence-corrected chi connectivity index (χ0v) is 8.36. The average molecular weight is 186 g/mol. The van der Waals surface area contributed by atoms with Gasteiger partial charge in [-0.25, -0.2) is 0 Å². The highest BCUT2D eigenvalue weighted by Gasteiger charge is 1.86. The second-order valence-electron chi connectivity index (χ2n) is 2.29. The highest BCUT2D eigenvalue weighted by atomic mass is 16.5. The fraction of sp³-hybridized carbons (Fsp3) is 0.600. The number of rotatable bonds is 8. The van der Waals surface area contributed by atoms with Crippen LogP contribution in [0.25, 0.3) is 0 Å². The zero-order chi connectivity index (χ0) is 9.78. The quantitative estimate of drug-likeness (QED) is 0.429. The Morgan fingerprint density at radius 2 is 1.23 bits per heavy atom. The van der Waals surface area contributed by atoms with E-state index in [2.05, 4.69) is 0 Å². The van der Waals surface area contributed by atoms with Crippen molar-refractivity contribution in [3.05, 3.63) is 24.7 Å². The third-order valence-electron chi connectivity index (χ3n) is 1.16. The summed E-state index contributed by atoms with van der Waals surface area (Å²) in [7, 11) is 0. The summed E-state index contributed by atoms with van der Waals surface area (Å²) < 4.78 is 15.3. The van der Waals surface area contributed by atoms with Crippen LogP contribution >= 0.6 is 0 Å². The molecule has 0 amide bonds. The molecule has 0 aromatic heterocycles. The van der Waals surface area contributed by atoms with E-state index in [-0.39, 0.29) is 0 Å². The maximum atomic E-state index is 5.21. The predicted molar refractivity (Wildman–Crippen MR) is 52.4 cm³/mol. The molecule has 0 unspecified atom stereocenters. The first-order valence-corrected chi connectivity index (χ1v) is 4.45. The van der Waals surface area contributed by atoms with Crippen molar-refractivity contribution >= 4 is 0 Å². The van der Waals surface area contributed by atoms with E-state index in [9.17, 15) is 0 Å². The van der Waals surface area contributed by atoms with E-state index in [1.165, 1.54) is 0 Å². The standard InChI is InChI=1S/C10H18O3/c1-3-5-11-7-9-13-10-8-12-6-4-2/h3-6H,7-10H2,1-2H3. The number of hydrogen-bond donors (Lipinski definition) is 0. The van der Waals surface area contributed by atoms with E-state index >= 15 is 0 Å². The minimum absolute atomic E-state index is 0.591. The highest BCUT2D eigenvalue weighted by molar-refractivity contribution is 4.65. The summed E-state index contributed by atoms with van der Waals surface area (Å²) in [5, 5.41) is 0. The van der Waals surface area contributed by atoms with Gasteiger partial charge in [0.2, 0.25) is 0 Å². The van der Waals surface area contributed by atoms with Crippen LogP contribution < -0.4 is 0 Å². The van der Waals surface area contributed by atoms with E-state index in [1.807, 2.05) is 26.0 Å². The van der Waals surface area contributed by atoms with E-state index in [4.69, 9.17) is 14.2 Å². The van der Waals surface area contributed by atoms with Gasteiger partial charge in [-0.15, -0.1) is 0 Å². The Balaban J connectivity index is 2.91. The monoisotopic (exact) mass is 186 g/mol. The number of ether oxygens (including phenoxy) is 3. The lowest BCUT2D eigenvalue weighted by molar-refractivity contribution is 0.0555. The molecule has 3 heteroatoms. The van der Waals surface area contributed by atoms with E-state index < -0.39 is 0 Å². The van der Waals surface area contributed by atoms with Gasteiger partial charge in [-0.3, -0.25) is 0 Å². The Bertz CT molecular complexity index is 125. The third kappa shape index (κ3) is 11.0. The van der Waals surface area contributed by atoms with Gasteiger partial charge in [0.05, 0.1) is 25.7 Å². The zero-order valence-electron chi connectivity index (χ0n) is 8.36. The summed E-state index contributed by atoms with van der Waals surface area (Å²) in [5.74, 6) is 0. The van der Waals surface area contributed by atoms with Crippen molar-refractivity contribution in [1.82, 2.24) is 0 Å². The smallest absolute Gasteiger partial charge is 0.111 e. The molecule has 3 nitrogen and oxygen atoms in total. The number of hydrogen-bond acceptors (Lipinski definition) is 3. The Kier molecular flexibility index (Phi) is 10.2. The second kappa shape index (κ2) is 11.0. The van der Waals surface area contributed by atoms with Gasteiger partial charge in [-0.05, 0) is 13.8 Å². The van der Waals surface area contributed by atoms with Crippen LogP contribution in [-0.2, 0) is 14.2 Å². The lowest BCUT2D eigenvalue weighted by atomic mass is 10.7. The minimum Gasteiger partial charge on any atom is -0.499 e. The first-order chi connectivity index (χ1) is 6.41. The summed E-state index contributed by atoms with van der Waals surface area (Å²) in [4.78, 5) is 0. The van der Waals surface area contributed by atoms with Gasteiger partial charge in [-0.2, -0.15) is 0 Å². The molecule has 0 aromatic carbocycles. The van der Waals surface area contributed by atoms with Crippen LogP contribution in [0.3, 0.4) is 0 Å². The largest absolute Gasteiger partial charge is 0.499 e. The summed E-state index contributed by atoms with van der Waals surface area (Å²) in [6, 6.07) is 0. The maximum Gasteiger partial charge on any atom is 0.111 e. The molecule has 0 N–H and O–H groups in total. The topological polar surface area (TPSA) is 27.7 Å². The Morgan fingerprint density at radius 3 is 1.62 bits per heavy atom. The Hall–Kier alpha value is -0.960. The molecule has 13 heavy (non-hydrogen) atoms. The second-order valence-corrected chi connectivity index (χ2v) is 2.29. The van der Waals surface area contributed by atoms with Crippen LogP contribution in [0.4, 0.5) is 0 Å². The van der Waals surface area contributed by atoms with E-state index in [1.54, 1.807) is 12.5 Å². The molecule has 0 saturated heterocycles. The van der Waals surface area contributed by atoms with Gasteiger partial charge in [-0.1, -0.05) is 12.2 Å². The summed E-state index contributed by atoms with van der Waals surface area (Å²) >= 11 is 0. The third-order valence-corrected chi connectivity index (χ3v) is 1.16. The summed E-state index contributed by atoms with van der Waals surface area (Å²) in [5.41, 5.74) is 0. The van der Waals surface area contributed by atoms with Crippen LogP contribution in [0.15, 0.2) is 24.7 Å². The predicted octanol–water partition coefficient (Wildman–Crippen LogP) is 2.10. The molecule has 0 spiro atoms. The van der Waals surface area contributed by atoms with Crippen LogP contribution in [0.2, 0.25) is 0 Å². The SMILES string of the molecule is CC=COCCOCCOC=CC. The first kappa shape index (κ1) is 12.0. The maximum absolute atomic E-state index is 5.21. The lowest BCUT2D eigenvalue weighted by Gasteiger charge is -2.03. The van der Waals surface area contributed by atoms with Crippen molar-refractivity contribution in [2.75, 3.05) is 26.4 Å². The van der Waals surface area contributed by atoms with Crippen molar-refractivity contribution < 1.29 is 14.2 Å². The summed E-state index contributed by atoms with van der Waals surface area (Å²) in [6.07, 6.45) is 6.99. The molecule has 0 aromatic rings. The van der Waals surface area contributed by atoms with Crippen LogP contribution in [0.5, 0.6) is 0 Å². The summed E-state index contributed by atoms with van der Waals surface area (Å²) in [6.45, 7) is 6.20. The Morgan fingerprint density at radius 1 is 0.769 bits per heavy atom. The molecule has 0 fully saturated rings. The molecule has 0 saturated carbocycles. The van der Waals surface area contributed by atoms with Gasteiger partial charge in [0.1, 0.15) is 13.2 Å². The molecule has 0 rings (SSSR count). The first-order valence-electron chi connectivity index (χ1n) is 4.45. The molecule has 76 valence electrons. The van der Waals surface area contributed by atoms with Gasteiger partial charge in [0.25, 0.3) is 0 Å². The molecule has 0 aliphatic carbocycles. The molecule has 0 aliphatic rings.